The molecule has 0 unspecified atom stereocenters. The van der Waals surface area contributed by atoms with Crippen LogP contribution >= 0.6 is 11.3 Å². The molecule has 0 bridgehead atoms. The number of anilines is 2. The molecule has 3 heterocycles. The van der Waals surface area contributed by atoms with Gasteiger partial charge in [0.2, 0.25) is 5.27 Å². The highest BCUT2D eigenvalue weighted by Crippen LogP contribution is 2.34. The average Bonchev–Trinajstić information content (AvgIpc) is 3.36. The molecule has 1 amide bonds. The van der Waals surface area contributed by atoms with Gasteiger partial charge >= 0.3 is 5.88 Å². The number of hydrogen-bond donors (Lipinski definition) is 2. The maximum Gasteiger partial charge on any atom is 0.302 e. The maximum atomic E-state index is 12.6. The molecular formula is C19H16N5O2S+. The second-order valence-corrected chi connectivity index (χ2v) is 7.49. The molecule has 0 saturated heterocycles. The number of hydrogen-bond acceptors (Lipinski definition) is 6. The van der Waals surface area contributed by atoms with E-state index in [1.807, 2.05) is 42.5 Å². The summed E-state index contributed by atoms with van der Waals surface area (Å²) in [5.41, 5.74) is 8.49. The van der Waals surface area contributed by atoms with Gasteiger partial charge in [0.25, 0.3) is 12.1 Å². The summed E-state index contributed by atoms with van der Waals surface area (Å²) in [6.07, 6.45) is 3.87. The predicted octanol–water partition coefficient (Wildman–Crippen LogP) is 3.41. The molecule has 1 aromatic carbocycles. The topological polar surface area (TPSA) is 97.9 Å². The molecule has 0 radical (unpaired) electrons. The third-order valence-electron chi connectivity index (χ3n) is 4.51. The van der Waals surface area contributed by atoms with Crippen LogP contribution in [0.15, 0.2) is 53.2 Å². The van der Waals surface area contributed by atoms with Gasteiger partial charge in [-0.05, 0) is 16.8 Å². The summed E-state index contributed by atoms with van der Waals surface area (Å²) in [6, 6.07) is 14.1. The zero-order chi connectivity index (χ0) is 18.4. The summed E-state index contributed by atoms with van der Waals surface area (Å²) >= 11 is 1.27. The number of carbonyl (C=O) groups is 1. The van der Waals surface area contributed by atoms with Crippen LogP contribution in [0.25, 0.3) is 21.5 Å². The van der Waals surface area contributed by atoms with E-state index in [-0.39, 0.29) is 5.91 Å². The minimum Gasteiger partial charge on any atom is -0.397 e. The van der Waals surface area contributed by atoms with Crippen LogP contribution in [-0.4, -0.2) is 16.2 Å². The Morgan fingerprint density at radius 3 is 2.81 bits per heavy atom. The Morgan fingerprint density at radius 1 is 1.22 bits per heavy atom. The Morgan fingerprint density at radius 2 is 2.04 bits per heavy atom. The lowest BCUT2D eigenvalue weighted by molar-refractivity contribution is -0.765. The van der Waals surface area contributed by atoms with Gasteiger partial charge in [-0.25, -0.2) is 4.98 Å². The van der Waals surface area contributed by atoms with Crippen molar-refractivity contribution in [2.24, 2.45) is 0 Å². The van der Waals surface area contributed by atoms with Crippen molar-refractivity contribution in [3.8, 4) is 11.3 Å². The van der Waals surface area contributed by atoms with Gasteiger partial charge in [-0.2, -0.15) is 0 Å². The van der Waals surface area contributed by atoms with Crippen LogP contribution < -0.4 is 15.7 Å². The quantitative estimate of drug-likeness (QED) is 0.530. The molecule has 1 aliphatic rings. The van der Waals surface area contributed by atoms with Gasteiger partial charge in [0.15, 0.2) is 6.04 Å². The lowest BCUT2D eigenvalue weighted by Gasteiger charge is -2.00. The fourth-order valence-electron chi connectivity index (χ4n) is 2.93. The number of carbonyl (C=O) groups excluding carboxylic acids is 1. The molecule has 0 atom stereocenters. The van der Waals surface area contributed by atoms with Crippen LogP contribution in [0.2, 0.25) is 0 Å². The lowest BCUT2D eigenvalue weighted by atomic mass is 10.1. The van der Waals surface area contributed by atoms with Crippen molar-refractivity contribution in [3.63, 3.8) is 0 Å². The van der Waals surface area contributed by atoms with Crippen molar-refractivity contribution in [3.05, 3.63) is 53.5 Å². The Hall–Kier alpha value is -3.26. The lowest BCUT2D eigenvalue weighted by Crippen LogP contribution is -2.32. The number of thiophene rings is 1. The van der Waals surface area contributed by atoms with Gasteiger partial charge in [0, 0.05) is 23.8 Å². The molecule has 8 heteroatoms. The zero-order valence-corrected chi connectivity index (χ0v) is 15.1. The van der Waals surface area contributed by atoms with Gasteiger partial charge in [-0.3, -0.25) is 14.6 Å². The Labute approximate surface area is 158 Å². The highest BCUT2D eigenvalue weighted by molar-refractivity contribution is 7.21. The molecule has 1 saturated carbocycles. The van der Waals surface area contributed by atoms with Gasteiger partial charge in [-0.15, -0.1) is 11.3 Å². The molecule has 1 fully saturated rings. The van der Waals surface area contributed by atoms with E-state index in [9.17, 15) is 4.79 Å². The average molecular weight is 378 g/mol. The van der Waals surface area contributed by atoms with Crippen molar-refractivity contribution in [2.45, 2.75) is 18.9 Å². The number of nitrogen functional groups attached to an aromatic ring is 1. The Bertz CT molecular complexity index is 1150. The molecule has 0 spiro atoms. The van der Waals surface area contributed by atoms with E-state index < -0.39 is 0 Å². The van der Waals surface area contributed by atoms with Crippen LogP contribution in [0.5, 0.6) is 0 Å². The molecule has 0 aliphatic heterocycles. The number of fused-ring (bicyclic) bond motifs is 1. The molecule has 7 nitrogen and oxygen atoms in total. The first-order valence-electron chi connectivity index (χ1n) is 8.63. The van der Waals surface area contributed by atoms with Gasteiger partial charge < -0.3 is 5.73 Å². The van der Waals surface area contributed by atoms with Crippen molar-refractivity contribution >= 4 is 39.0 Å². The smallest absolute Gasteiger partial charge is 0.302 e. The molecule has 134 valence electrons. The van der Waals surface area contributed by atoms with E-state index in [2.05, 4.69) is 15.6 Å². The van der Waals surface area contributed by atoms with E-state index in [4.69, 9.17) is 10.3 Å². The largest absolute Gasteiger partial charge is 0.397 e. The Kier molecular flexibility index (Phi) is 3.64. The SMILES string of the molecule is Nc1c(C(=O)Nc2c[n+](C3CC3)no2)sc2nc(-c3ccccc3)ccc12. The van der Waals surface area contributed by atoms with Crippen molar-refractivity contribution < 1.29 is 14.0 Å². The number of rotatable bonds is 4. The summed E-state index contributed by atoms with van der Waals surface area (Å²) in [6.45, 7) is 0. The fraction of sp³-hybridized carbons (Fsp3) is 0.158. The fourth-order valence-corrected chi connectivity index (χ4v) is 3.92. The second kappa shape index (κ2) is 6.17. The van der Waals surface area contributed by atoms with Crippen LogP contribution in [0.1, 0.15) is 28.6 Å². The zero-order valence-electron chi connectivity index (χ0n) is 14.3. The second-order valence-electron chi connectivity index (χ2n) is 6.49. The minimum absolute atomic E-state index is 0.307. The number of benzene rings is 1. The van der Waals surface area contributed by atoms with E-state index in [1.165, 1.54) is 11.3 Å². The number of nitrogens with zero attached hydrogens (tertiary/aromatic N) is 3. The van der Waals surface area contributed by atoms with Gasteiger partial charge in [0.1, 0.15) is 9.71 Å². The molecule has 3 N–H and O–H groups in total. The van der Waals surface area contributed by atoms with E-state index in [1.54, 1.807) is 10.9 Å². The van der Waals surface area contributed by atoms with Crippen LogP contribution in [-0.2, 0) is 0 Å². The summed E-state index contributed by atoms with van der Waals surface area (Å²) < 4.78 is 6.91. The van der Waals surface area contributed by atoms with Crippen molar-refractivity contribution in [1.29, 1.82) is 0 Å². The molecular weight excluding hydrogens is 362 g/mol. The maximum absolute atomic E-state index is 12.6. The Balaban J connectivity index is 1.45. The van der Waals surface area contributed by atoms with Gasteiger partial charge in [-0.1, -0.05) is 30.3 Å². The number of nitrogens with one attached hydrogen (secondary N) is 1. The monoisotopic (exact) mass is 378 g/mol. The normalized spacial score (nSPS) is 13.8. The predicted molar refractivity (Wildman–Crippen MR) is 102 cm³/mol. The molecule has 27 heavy (non-hydrogen) atoms. The third-order valence-corrected chi connectivity index (χ3v) is 5.62. The molecule has 5 rings (SSSR count). The number of amides is 1. The van der Waals surface area contributed by atoms with E-state index in [0.717, 1.165) is 34.3 Å². The molecule has 3 aromatic heterocycles. The summed E-state index contributed by atoms with van der Waals surface area (Å²) in [5, 5.41) is 7.42. The molecule has 4 aromatic rings. The van der Waals surface area contributed by atoms with E-state index >= 15 is 0 Å². The number of aromatic nitrogens is 3. The first kappa shape index (κ1) is 16.0. The summed E-state index contributed by atoms with van der Waals surface area (Å²) in [7, 11) is 0. The van der Waals surface area contributed by atoms with Gasteiger partial charge in [0.05, 0.1) is 11.4 Å². The number of nitrogens with two attached hydrogens (primary N) is 1. The minimum atomic E-state index is -0.323. The van der Waals surface area contributed by atoms with Crippen LogP contribution in [0.3, 0.4) is 0 Å². The van der Waals surface area contributed by atoms with E-state index in [0.29, 0.717) is 22.5 Å². The summed E-state index contributed by atoms with van der Waals surface area (Å²) in [5.74, 6) is -0.0162. The van der Waals surface area contributed by atoms with Crippen LogP contribution in [0, 0.1) is 0 Å². The van der Waals surface area contributed by atoms with Crippen molar-refractivity contribution in [1.82, 2.24) is 10.3 Å². The molecule has 1 aliphatic carbocycles. The number of pyridine rings is 1. The highest BCUT2D eigenvalue weighted by Gasteiger charge is 2.36. The van der Waals surface area contributed by atoms with Crippen molar-refractivity contribution in [2.75, 3.05) is 11.1 Å². The summed E-state index contributed by atoms with van der Waals surface area (Å²) in [4.78, 5) is 18.5. The standard InChI is InChI=1S/C19H15N5O2S/c20-16-13-8-9-14(11-4-2-1-3-5-11)21-19(13)27-17(16)18(25)22-15-10-24(23-26-15)12-6-7-12/h1-5,8-10,12H,6-7H2,(H2-,20,22,23,25)/p+1. The first-order chi connectivity index (χ1) is 13.2. The first-order valence-corrected chi connectivity index (χ1v) is 9.44. The highest BCUT2D eigenvalue weighted by atomic mass is 32.1. The van der Waals surface area contributed by atoms with Crippen LogP contribution in [0.4, 0.5) is 11.6 Å². The third kappa shape index (κ3) is 2.93.